The summed E-state index contributed by atoms with van der Waals surface area (Å²) in [6.07, 6.45) is 104. The van der Waals surface area contributed by atoms with Gasteiger partial charge in [-0.15, -0.1) is 0 Å². The van der Waals surface area contributed by atoms with Crippen LogP contribution in [0.1, 0.15) is 252 Å². The molecule has 83 heavy (non-hydrogen) atoms. The Kier molecular flexibility index (Phi) is 64.0. The van der Waals surface area contributed by atoms with Crippen LogP contribution in [0, 0.1) is 0 Å². The van der Waals surface area contributed by atoms with Crippen LogP contribution < -0.4 is 0 Å². The molecule has 0 radical (unpaired) electrons. The van der Waals surface area contributed by atoms with Crippen molar-refractivity contribution in [1.82, 2.24) is 0 Å². The normalized spacial score (nSPS) is 13.4. The van der Waals surface area contributed by atoms with Crippen LogP contribution in [0.2, 0.25) is 0 Å². The van der Waals surface area contributed by atoms with Gasteiger partial charge in [0.25, 0.3) is 0 Å². The molecule has 0 aromatic rings. The highest BCUT2D eigenvalue weighted by atomic mass is 16.6. The number of rotatable bonds is 57. The van der Waals surface area contributed by atoms with Crippen molar-refractivity contribution < 1.29 is 28.6 Å². The maximum absolute atomic E-state index is 12.9. The quantitative estimate of drug-likeness (QED) is 0.0261. The van der Waals surface area contributed by atoms with E-state index < -0.39 is 6.10 Å². The van der Waals surface area contributed by atoms with Crippen LogP contribution >= 0.6 is 0 Å². The van der Waals surface area contributed by atoms with E-state index in [1.807, 2.05) is 0 Å². The lowest BCUT2D eigenvalue weighted by Crippen LogP contribution is -2.30. The maximum atomic E-state index is 12.9. The lowest BCUT2D eigenvalue weighted by atomic mass is 10.0. The number of unbranched alkanes of at least 4 members (excludes halogenated alkanes) is 14. The summed E-state index contributed by atoms with van der Waals surface area (Å²) in [5, 5.41) is 0. The Morgan fingerprint density at radius 3 is 0.735 bits per heavy atom. The van der Waals surface area contributed by atoms with Crippen molar-refractivity contribution in [3.63, 3.8) is 0 Å². The fourth-order valence-electron chi connectivity index (χ4n) is 8.26. The highest BCUT2D eigenvalue weighted by molar-refractivity contribution is 5.71. The first-order valence-electron chi connectivity index (χ1n) is 32.9. The van der Waals surface area contributed by atoms with Crippen LogP contribution in [0.5, 0.6) is 0 Å². The Hall–Kier alpha value is -5.75. The van der Waals surface area contributed by atoms with Crippen LogP contribution in [0.4, 0.5) is 0 Å². The molecule has 0 aromatic carbocycles. The van der Waals surface area contributed by atoms with Crippen LogP contribution in [0.3, 0.4) is 0 Å². The van der Waals surface area contributed by atoms with Gasteiger partial charge in [0.1, 0.15) is 13.2 Å². The zero-order valence-corrected chi connectivity index (χ0v) is 52.9. The highest BCUT2D eigenvalue weighted by Gasteiger charge is 2.19. The molecule has 1 atom stereocenters. The molecule has 0 saturated heterocycles. The Bertz CT molecular complexity index is 1990. The second kappa shape index (κ2) is 68.7. The molecule has 0 N–H and O–H groups in total. The van der Waals surface area contributed by atoms with Crippen molar-refractivity contribution in [2.24, 2.45) is 0 Å². The molecule has 0 aromatic heterocycles. The maximum Gasteiger partial charge on any atom is 0.306 e. The van der Waals surface area contributed by atoms with Gasteiger partial charge in [-0.2, -0.15) is 0 Å². The number of esters is 3. The van der Waals surface area contributed by atoms with E-state index in [-0.39, 0.29) is 44.0 Å². The zero-order chi connectivity index (χ0) is 59.9. The number of hydrogen-bond acceptors (Lipinski definition) is 6. The first-order valence-corrected chi connectivity index (χ1v) is 32.9. The van der Waals surface area contributed by atoms with Crippen molar-refractivity contribution in [3.05, 3.63) is 194 Å². The van der Waals surface area contributed by atoms with Gasteiger partial charge in [0.05, 0.1) is 0 Å². The molecule has 6 heteroatoms. The van der Waals surface area contributed by atoms with Crippen molar-refractivity contribution in [2.45, 2.75) is 258 Å². The summed E-state index contributed by atoms with van der Waals surface area (Å²) in [7, 11) is 0. The van der Waals surface area contributed by atoms with E-state index in [0.29, 0.717) is 19.3 Å². The molecule has 0 bridgehead atoms. The molecule has 6 nitrogen and oxygen atoms in total. The predicted octanol–water partition coefficient (Wildman–Crippen LogP) is 23.0. The average Bonchev–Trinajstić information content (AvgIpc) is 3.49. The third-order valence-electron chi connectivity index (χ3n) is 13.1. The van der Waals surface area contributed by atoms with Gasteiger partial charge in [-0.1, -0.05) is 292 Å². The molecule has 0 aliphatic carbocycles. The number of carbonyl (C=O) groups is 3. The second-order valence-corrected chi connectivity index (χ2v) is 20.9. The molecule has 462 valence electrons. The van der Waals surface area contributed by atoms with Crippen LogP contribution in [-0.2, 0) is 28.6 Å². The molecular formula is C77H118O6. The SMILES string of the molecule is CC/C=C\C/C=C\C/C=C\C/C=C\C/C=C\C/C=C\C/C=C\C/C=C\C/C=C\CCCC(=O)OCC(COC(=O)CCCCCCCCCCCCCCC)OC(=O)CCC/C=C\C/C=C\C/C=C\C/C=C\C/C=C\C/C=C\C/C=C\CC. The Morgan fingerprint density at radius 2 is 0.470 bits per heavy atom. The largest absolute Gasteiger partial charge is 0.462 e. The summed E-state index contributed by atoms with van der Waals surface area (Å²) < 4.78 is 16.8. The minimum Gasteiger partial charge on any atom is -0.462 e. The number of carbonyl (C=O) groups excluding carboxylic acids is 3. The average molecular weight is 1140 g/mol. The summed E-state index contributed by atoms with van der Waals surface area (Å²) in [6, 6.07) is 0. The first kappa shape index (κ1) is 77.2. The monoisotopic (exact) mass is 1140 g/mol. The summed E-state index contributed by atoms with van der Waals surface area (Å²) in [5.74, 6) is -1.06. The molecule has 1 unspecified atom stereocenters. The molecule has 0 rings (SSSR count). The van der Waals surface area contributed by atoms with Crippen molar-refractivity contribution in [2.75, 3.05) is 13.2 Å². The lowest BCUT2D eigenvalue weighted by molar-refractivity contribution is -0.167. The molecular weight excluding hydrogens is 1020 g/mol. The molecule has 0 aliphatic heterocycles. The second-order valence-electron chi connectivity index (χ2n) is 20.9. The highest BCUT2D eigenvalue weighted by Crippen LogP contribution is 2.14. The van der Waals surface area contributed by atoms with E-state index >= 15 is 0 Å². The summed E-state index contributed by atoms with van der Waals surface area (Å²) in [4.78, 5) is 38.3. The van der Waals surface area contributed by atoms with Crippen molar-refractivity contribution in [3.8, 4) is 0 Å². The van der Waals surface area contributed by atoms with Gasteiger partial charge in [0, 0.05) is 19.3 Å². The number of allylic oxidation sites excluding steroid dienone is 32. The standard InChI is InChI=1S/C77H118O6/c1-4-7-10-13-16-19-22-25-27-29-31-33-35-36-37-38-39-40-42-43-45-47-49-52-55-58-61-64-67-70-76(79)82-73-74(72-81-75(78)69-66-63-60-57-54-51-24-21-18-15-12-9-6-3)83-77(80)71-68-65-62-59-56-53-50-48-46-44-41-34-32-30-28-26-23-20-17-14-11-8-5-2/h7-8,10-11,16-17,19-20,25-28,31-34,36-37,39-40,43-46,49-50,52-53,58-59,61-62,74H,4-6,9,12-15,18,21-24,29-30,35,38,41-42,47-48,51,54-57,60,63-73H2,1-3H3/b10-7-,11-8-,19-16-,20-17-,27-25-,28-26-,33-31-,34-32-,37-36-,40-39-,45-43-,46-44-,52-49-,53-50-,61-58-,62-59-. The van der Waals surface area contributed by atoms with Crippen LogP contribution in [0.15, 0.2) is 194 Å². The van der Waals surface area contributed by atoms with E-state index in [0.717, 1.165) is 135 Å². The lowest BCUT2D eigenvalue weighted by Gasteiger charge is -2.18. The van der Waals surface area contributed by atoms with E-state index in [1.165, 1.54) is 64.2 Å². The van der Waals surface area contributed by atoms with Gasteiger partial charge >= 0.3 is 17.9 Å². The van der Waals surface area contributed by atoms with Crippen LogP contribution in [0.25, 0.3) is 0 Å². The first-order chi connectivity index (χ1) is 41.0. The number of hydrogen-bond donors (Lipinski definition) is 0. The summed E-state index contributed by atoms with van der Waals surface area (Å²) >= 11 is 0. The number of ether oxygens (including phenoxy) is 3. The van der Waals surface area contributed by atoms with Crippen molar-refractivity contribution >= 4 is 17.9 Å². The topological polar surface area (TPSA) is 78.9 Å². The Morgan fingerprint density at radius 1 is 0.253 bits per heavy atom. The fourth-order valence-corrected chi connectivity index (χ4v) is 8.26. The Labute approximate surface area is 509 Å². The van der Waals surface area contributed by atoms with E-state index in [2.05, 4.69) is 215 Å². The van der Waals surface area contributed by atoms with Gasteiger partial charge in [-0.3, -0.25) is 14.4 Å². The van der Waals surface area contributed by atoms with E-state index in [9.17, 15) is 14.4 Å². The minimum absolute atomic E-state index is 0.127. The van der Waals surface area contributed by atoms with Gasteiger partial charge in [0.2, 0.25) is 0 Å². The van der Waals surface area contributed by atoms with Gasteiger partial charge in [-0.05, 0) is 135 Å². The predicted molar refractivity (Wildman–Crippen MR) is 361 cm³/mol. The van der Waals surface area contributed by atoms with E-state index in [4.69, 9.17) is 14.2 Å². The van der Waals surface area contributed by atoms with Gasteiger partial charge in [-0.25, -0.2) is 0 Å². The molecule has 0 saturated carbocycles. The van der Waals surface area contributed by atoms with E-state index in [1.54, 1.807) is 0 Å². The minimum atomic E-state index is -0.844. The molecule has 0 aliphatic rings. The third kappa shape index (κ3) is 66.9. The van der Waals surface area contributed by atoms with Crippen LogP contribution in [-0.4, -0.2) is 37.2 Å². The Balaban J connectivity index is 4.56. The summed E-state index contributed by atoms with van der Waals surface area (Å²) in [6.45, 7) is 6.31. The molecule has 0 amide bonds. The smallest absolute Gasteiger partial charge is 0.306 e. The fraction of sp³-hybridized carbons (Fsp3) is 0.545. The zero-order valence-electron chi connectivity index (χ0n) is 52.9. The van der Waals surface area contributed by atoms with Crippen molar-refractivity contribution in [1.29, 1.82) is 0 Å². The third-order valence-corrected chi connectivity index (χ3v) is 13.1. The van der Waals surface area contributed by atoms with Gasteiger partial charge in [0.15, 0.2) is 6.10 Å². The molecule has 0 fully saturated rings. The summed E-state index contributed by atoms with van der Waals surface area (Å²) in [5.41, 5.74) is 0. The molecule has 0 heterocycles. The van der Waals surface area contributed by atoms with Gasteiger partial charge < -0.3 is 14.2 Å². The molecule has 0 spiro atoms.